The average molecular weight is 375 g/mol. The molecule has 1 N–H and O–H groups in total. The number of aliphatic hydroxyl groups is 1. The summed E-state index contributed by atoms with van der Waals surface area (Å²) in [4.78, 5) is 4.88. The molecule has 148 valence electrons. The van der Waals surface area contributed by atoms with Crippen LogP contribution in [0.25, 0.3) is 5.69 Å². The number of hydrogen-bond donors (Lipinski definition) is 1. The molecule has 1 aliphatic heterocycles. The minimum atomic E-state index is -0.219. The first kappa shape index (κ1) is 20.0. The van der Waals surface area contributed by atoms with Crippen LogP contribution in [0.4, 0.5) is 4.39 Å². The van der Waals surface area contributed by atoms with Crippen LogP contribution < -0.4 is 0 Å². The molecule has 1 aromatic carbocycles. The summed E-state index contributed by atoms with van der Waals surface area (Å²) in [6.07, 6.45) is 5.58. The molecule has 0 spiro atoms. The molecule has 1 aliphatic rings. The van der Waals surface area contributed by atoms with E-state index in [-0.39, 0.29) is 12.4 Å². The molecule has 0 radical (unpaired) electrons. The first-order valence-corrected chi connectivity index (χ1v) is 9.92. The van der Waals surface area contributed by atoms with Gasteiger partial charge in [-0.1, -0.05) is 13.8 Å². The van der Waals surface area contributed by atoms with Crippen LogP contribution in [0.2, 0.25) is 0 Å². The zero-order valence-electron chi connectivity index (χ0n) is 16.4. The Balaban J connectivity index is 1.70. The zero-order valence-corrected chi connectivity index (χ0v) is 16.4. The van der Waals surface area contributed by atoms with Crippen molar-refractivity contribution in [3.63, 3.8) is 0 Å². The van der Waals surface area contributed by atoms with Crippen molar-refractivity contribution in [2.24, 2.45) is 5.92 Å². The van der Waals surface area contributed by atoms with Crippen molar-refractivity contribution >= 4 is 0 Å². The van der Waals surface area contributed by atoms with Crippen molar-refractivity contribution in [3.05, 3.63) is 48.0 Å². The van der Waals surface area contributed by atoms with Gasteiger partial charge in [0, 0.05) is 51.2 Å². The summed E-state index contributed by atoms with van der Waals surface area (Å²) in [5.41, 5.74) is 1.86. The van der Waals surface area contributed by atoms with Crippen LogP contribution in [0.15, 0.2) is 36.7 Å². The zero-order chi connectivity index (χ0) is 19.2. The lowest BCUT2D eigenvalue weighted by Crippen LogP contribution is -2.53. The van der Waals surface area contributed by atoms with Gasteiger partial charge in [0.25, 0.3) is 0 Å². The summed E-state index contributed by atoms with van der Waals surface area (Å²) >= 11 is 0. The van der Waals surface area contributed by atoms with E-state index in [0.717, 1.165) is 43.9 Å². The predicted octanol–water partition coefficient (Wildman–Crippen LogP) is 2.93. The molecule has 1 aromatic heterocycles. The SMILES string of the molecule is CC(C)CCN1CCN(Cc2cc(F)ccc2-n2cccn2)C[C@@H]1CCO. The van der Waals surface area contributed by atoms with E-state index in [9.17, 15) is 9.50 Å². The predicted molar refractivity (Wildman–Crippen MR) is 105 cm³/mol. The number of nitrogens with zero attached hydrogens (tertiary/aromatic N) is 4. The molecule has 1 atom stereocenters. The van der Waals surface area contributed by atoms with Crippen LogP contribution in [0.3, 0.4) is 0 Å². The van der Waals surface area contributed by atoms with Gasteiger partial charge in [-0.05, 0) is 55.1 Å². The van der Waals surface area contributed by atoms with Crippen molar-refractivity contribution in [2.75, 3.05) is 32.8 Å². The van der Waals surface area contributed by atoms with Crippen LogP contribution in [-0.2, 0) is 6.54 Å². The highest BCUT2D eigenvalue weighted by Gasteiger charge is 2.27. The lowest BCUT2D eigenvalue weighted by Gasteiger charge is -2.42. The second kappa shape index (κ2) is 9.44. The summed E-state index contributed by atoms with van der Waals surface area (Å²) in [5.74, 6) is 0.463. The van der Waals surface area contributed by atoms with Crippen molar-refractivity contribution in [1.82, 2.24) is 19.6 Å². The molecule has 5 nitrogen and oxygen atoms in total. The molecule has 2 aromatic rings. The lowest BCUT2D eigenvalue weighted by atomic mass is 10.0. The van der Waals surface area contributed by atoms with E-state index < -0.39 is 0 Å². The van der Waals surface area contributed by atoms with E-state index >= 15 is 0 Å². The lowest BCUT2D eigenvalue weighted by molar-refractivity contribution is 0.0523. The van der Waals surface area contributed by atoms with E-state index in [0.29, 0.717) is 18.5 Å². The summed E-state index contributed by atoms with van der Waals surface area (Å²) in [6.45, 7) is 9.31. The Labute approximate surface area is 161 Å². The molecule has 1 saturated heterocycles. The third-order valence-electron chi connectivity index (χ3n) is 5.33. The molecule has 0 saturated carbocycles. The smallest absolute Gasteiger partial charge is 0.123 e. The fourth-order valence-corrected chi connectivity index (χ4v) is 3.80. The van der Waals surface area contributed by atoms with Gasteiger partial charge in [0.05, 0.1) is 5.69 Å². The highest BCUT2D eigenvalue weighted by Crippen LogP contribution is 2.21. The highest BCUT2D eigenvalue weighted by molar-refractivity contribution is 5.40. The van der Waals surface area contributed by atoms with E-state index in [1.54, 1.807) is 23.0 Å². The van der Waals surface area contributed by atoms with Gasteiger partial charge in [0.2, 0.25) is 0 Å². The molecule has 2 heterocycles. The molecule has 6 heteroatoms. The molecule has 27 heavy (non-hydrogen) atoms. The summed E-state index contributed by atoms with van der Waals surface area (Å²) in [5, 5.41) is 13.8. The number of halogens is 1. The van der Waals surface area contributed by atoms with E-state index in [1.165, 1.54) is 12.5 Å². The Morgan fingerprint density at radius 3 is 2.85 bits per heavy atom. The normalized spacial score (nSPS) is 19.1. The molecule has 1 fully saturated rings. The van der Waals surface area contributed by atoms with Gasteiger partial charge in [-0.2, -0.15) is 5.10 Å². The van der Waals surface area contributed by atoms with Gasteiger partial charge in [0.1, 0.15) is 5.82 Å². The fraction of sp³-hybridized carbons (Fsp3) is 0.571. The van der Waals surface area contributed by atoms with Gasteiger partial charge in [-0.25, -0.2) is 9.07 Å². The van der Waals surface area contributed by atoms with Crippen LogP contribution in [0.1, 0.15) is 32.3 Å². The maximum absolute atomic E-state index is 13.9. The molecule has 0 amide bonds. The first-order valence-electron chi connectivity index (χ1n) is 9.92. The minimum absolute atomic E-state index is 0.204. The maximum atomic E-state index is 13.9. The number of aromatic nitrogens is 2. The van der Waals surface area contributed by atoms with Crippen molar-refractivity contribution in [2.45, 2.75) is 39.3 Å². The minimum Gasteiger partial charge on any atom is -0.396 e. The molecular weight excluding hydrogens is 343 g/mol. The maximum Gasteiger partial charge on any atom is 0.123 e. The number of rotatable bonds is 8. The van der Waals surface area contributed by atoms with Crippen LogP contribution >= 0.6 is 0 Å². The number of hydrogen-bond acceptors (Lipinski definition) is 4. The van der Waals surface area contributed by atoms with Gasteiger partial charge < -0.3 is 5.11 Å². The molecular formula is C21H31FN4O. The Hall–Kier alpha value is -1.76. The van der Waals surface area contributed by atoms with E-state index in [2.05, 4.69) is 28.7 Å². The standard InChI is InChI=1S/C21H31FN4O/c1-17(2)6-10-25-12-11-24(16-20(25)7-13-27)15-18-14-19(22)4-5-21(18)26-9-3-8-23-26/h3-5,8-9,14,17,20,27H,6-7,10-13,15-16H2,1-2H3/t20-/m0/s1. The second-order valence-electron chi connectivity index (χ2n) is 7.84. The summed E-state index contributed by atoms with van der Waals surface area (Å²) in [6, 6.07) is 7.12. The molecule has 0 bridgehead atoms. The quantitative estimate of drug-likeness (QED) is 0.772. The second-order valence-corrected chi connectivity index (χ2v) is 7.84. The van der Waals surface area contributed by atoms with Gasteiger partial charge in [0.15, 0.2) is 0 Å². The highest BCUT2D eigenvalue weighted by atomic mass is 19.1. The largest absolute Gasteiger partial charge is 0.396 e. The Morgan fingerprint density at radius 2 is 2.15 bits per heavy atom. The first-order chi connectivity index (χ1) is 13.1. The van der Waals surface area contributed by atoms with E-state index in [1.807, 2.05) is 12.3 Å². The Morgan fingerprint density at radius 1 is 1.30 bits per heavy atom. The number of piperazine rings is 1. The van der Waals surface area contributed by atoms with Crippen LogP contribution in [-0.4, -0.2) is 63.5 Å². The van der Waals surface area contributed by atoms with Crippen LogP contribution in [0.5, 0.6) is 0 Å². The monoisotopic (exact) mass is 374 g/mol. The summed E-state index contributed by atoms with van der Waals surface area (Å²) < 4.78 is 15.7. The third kappa shape index (κ3) is 5.37. The van der Waals surface area contributed by atoms with Crippen molar-refractivity contribution in [1.29, 1.82) is 0 Å². The van der Waals surface area contributed by atoms with E-state index in [4.69, 9.17) is 0 Å². The van der Waals surface area contributed by atoms with Crippen LogP contribution in [0, 0.1) is 11.7 Å². The Kier molecular flexibility index (Phi) is 6.99. The topological polar surface area (TPSA) is 44.5 Å². The third-order valence-corrected chi connectivity index (χ3v) is 5.33. The average Bonchev–Trinajstić information content (AvgIpc) is 3.16. The molecule has 3 rings (SSSR count). The summed E-state index contributed by atoms with van der Waals surface area (Å²) in [7, 11) is 0. The fourth-order valence-electron chi connectivity index (χ4n) is 3.80. The van der Waals surface area contributed by atoms with Gasteiger partial charge in [-0.15, -0.1) is 0 Å². The van der Waals surface area contributed by atoms with Gasteiger partial charge in [-0.3, -0.25) is 9.80 Å². The number of aliphatic hydroxyl groups excluding tert-OH is 1. The van der Waals surface area contributed by atoms with Gasteiger partial charge >= 0.3 is 0 Å². The Bertz CT molecular complexity index is 704. The van der Waals surface area contributed by atoms with Crippen molar-refractivity contribution < 1.29 is 9.50 Å². The van der Waals surface area contributed by atoms with Crippen molar-refractivity contribution in [3.8, 4) is 5.69 Å². The molecule has 0 aliphatic carbocycles. The number of benzene rings is 1. The molecule has 0 unspecified atom stereocenters.